The van der Waals surface area contributed by atoms with Crippen molar-refractivity contribution in [2.45, 2.75) is 13.3 Å². The van der Waals surface area contributed by atoms with Crippen LogP contribution in [0.2, 0.25) is 0 Å². The van der Waals surface area contributed by atoms with Crippen molar-refractivity contribution < 1.29 is 23.9 Å². The summed E-state index contributed by atoms with van der Waals surface area (Å²) in [6.07, 6.45) is 1.05. The molecule has 2 amide bonds. The smallest absolute Gasteiger partial charge is 0.344 e. The highest BCUT2D eigenvalue weighted by molar-refractivity contribution is 9.11. The second kappa shape index (κ2) is 12.1. The molecule has 0 radical (unpaired) electrons. The minimum atomic E-state index is -0.552. The molecular weight excluding hydrogens is 522 g/mol. The predicted molar refractivity (Wildman–Crippen MR) is 119 cm³/mol. The summed E-state index contributed by atoms with van der Waals surface area (Å²) in [5.74, 6) is -1.00. The van der Waals surface area contributed by atoms with Gasteiger partial charge in [-0.2, -0.15) is 5.10 Å². The molecule has 8 nitrogen and oxygen atoms in total. The summed E-state index contributed by atoms with van der Waals surface area (Å²) in [7, 11) is 0. The van der Waals surface area contributed by atoms with E-state index in [1.807, 2.05) is 6.07 Å². The number of carbonyl (C=O) groups is 3. The van der Waals surface area contributed by atoms with E-state index in [-0.39, 0.29) is 19.6 Å². The van der Waals surface area contributed by atoms with Gasteiger partial charge in [-0.1, -0.05) is 12.1 Å². The van der Waals surface area contributed by atoms with E-state index >= 15 is 0 Å². The van der Waals surface area contributed by atoms with Gasteiger partial charge in [-0.25, -0.2) is 10.2 Å². The average molecular weight is 541 g/mol. The number of benzene rings is 2. The zero-order valence-corrected chi connectivity index (χ0v) is 19.2. The zero-order chi connectivity index (χ0) is 21.9. The van der Waals surface area contributed by atoms with Crippen LogP contribution in [0.5, 0.6) is 5.75 Å². The number of hydrazone groups is 1. The Labute approximate surface area is 190 Å². The third-order valence-electron chi connectivity index (χ3n) is 3.48. The Hall–Kier alpha value is -2.72. The summed E-state index contributed by atoms with van der Waals surface area (Å²) < 4.78 is 11.5. The summed E-state index contributed by atoms with van der Waals surface area (Å²) in [6, 6.07) is 12.1. The van der Waals surface area contributed by atoms with Crippen molar-refractivity contribution >= 4 is 61.5 Å². The quantitative estimate of drug-likeness (QED) is 0.219. The van der Waals surface area contributed by atoms with Gasteiger partial charge in [0.1, 0.15) is 12.2 Å². The second-order valence-corrected chi connectivity index (χ2v) is 7.49. The number of rotatable bonds is 9. The molecule has 0 saturated carbocycles. The minimum Gasteiger partial charge on any atom is -0.481 e. The molecule has 0 bridgehead atoms. The van der Waals surface area contributed by atoms with E-state index in [9.17, 15) is 14.4 Å². The molecule has 2 aromatic carbocycles. The van der Waals surface area contributed by atoms with Crippen LogP contribution in [0.3, 0.4) is 0 Å². The number of carbonyl (C=O) groups excluding carboxylic acids is 3. The number of ether oxygens (including phenoxy) is 2. The summed E-state index contributed by atoms with van der Waals surface area (Å²) in [5, 5.41) is 6.48. The number of amides is 2. The van der Waals surface area contributed by atoms with E-state index in [2.05, 4.69) is 47.7 Å². The molecule has 158 valence electrons. The highest BCUT2D eigenvalue weighted by Crippen LogP contribution is 2.25. The van der Waals surface area contributed by atoms with Gasteiger partial charge in [-0.05, 0) is 74.7 Å². The number of hydrogen-bond donors (Lipinski definition) is 2. The van der Waals surface area contributed by atoms with E-state index in [0.717, 1.165) is 4.47 Å². The fraction of sp³-hybridized carbons (Fsp3) is 0.200. The van der Waals surface area contributed by atoms with Gasteiger partial charge in [0.05, 0.1) is 23.0 Å². The molecule has 0 aliphatic rings. The molecule has 0 atom stereocenters. The minimum absolute atomic E-state index is 0.197. The Morgan fingerprint density at radius 3 is 2.53 bits per heavy atom. The molecule has 0 unspecified atom stereocenters. The molecule has 0 heterocycles. The Bertz CT molecular complexity index is 950. The average Bonchev–Trinajstić information content (AvgIpc) is 2.69. The Morgan fingerprint density at radius 2 is 1.83 bits per heavy atom. The number of hydrogen-bond acceptors (Lipinski definition) is 6. The van der Waals surface area contributed by atoms with Crippen molar-refractivity contribution in [3.63, 3.8) is 0 Å². The number of nitrogens with zero attached hydrogens (tertiary/aromatic N) is 1. The van der Waals surface area contributed by atoms with Gasteiger partial charge in [-0.15, -0.1) is 0 Å². The predicted octanol–water partition coefficient (Wildman–Crippen LogP) is 3.63. The van der Waals surface area contributed by atoms with Gasteiger partial charge < -0.3 is 14.8 Å². The lowest BCUT2D eigenvalue weighted by Crippen LogP contribution is -2.24. The Balaban J connectivity index is 1.82. The normalized spacial score (nSPS) is 10.5. The van der Waals surface area contributed by atoms with Crippen LogP contribution in [0.25, 0.3) is 0 Å². The molecule has 2 N–H and O–H groups in total. The van der Waals surface area contributed by atoms with Crippen LogP contribution in [0.15, 0.2) is 56.5 Å². The third kappa shape index (κ3) is 7.96. The molecule has 0 aliphatic heterocycles. The van der Waals surface area contributed by atoms with Crippen LogP contribution in [0.1, 0.15) is 18.9 Å². The first kappa shape index (κ1) is 23.6. The molecule has 10 heteroatoms. The molecule has 0 aliphatic carbocycles. The number of esters is 1. The SMILES string of the molecule is CCOC(=O)COc1ccc(C=NNC(=O)CC(=O)Nc2ccccc2Br)cc1Br. The van der Waals surface area contributed by atoms with Crippen molar-refractivity contribution in [1.29, 1.82) is 0 Å². The fourth-order valence-electron chi connectivity index (χ4n) is 2.17. The monoisotopic (exact) mass is 539 g/mol. The van der Waals surface area contributed by atoms with E-state index in [0.29, 0.717) is 21.5 Å². The molecule has 30 heavy (non-hydrogen) atoms. The van der Waals surface area contributed by atoms with Crippen LogP contribution >= 0.6 is 31.9 Å². The van der Waals surface area contributed by atoms with Gasteiger partial charge in [0.25, 0.3) is 0 Å². The molecule has 2 rings (SSSR count). The standard InChI is InChI=1S/C20H19Br2N3O5/c1-2-29-20(28)12-30-17-8-7-13(9-15(17)22)11-23-25-19(27)10-18(26)24-16-6-4-3-5-14(16)21/h3-9,11H,2,10,12H2,1H3,(H,24,26)(H,25,27). The van der Waals surface area contributed by atoms with E-state index < -0.39 is 17.8 Å². The molecule has 2 aromatic rings. The van der Waals surface area contributed by atoms with Crippen LogP contribution in [0, 0.1) is 0 Å². The summed E-state index contributed by atoms with van der Waals surface area (Å²) in [5.41, 5.74) is 3.55. The maximum atomic E-state index is 11.9. The molecule has 0 saturated heterocycles. The van der Waals surface area contributed by atoms with E-state index in [1.54, 1.807) is 43.3 Å². The van der Waals surface area contributed by atoms with Crippen LogP contribution in [0.4, 0.5) is 5.69 Å². The lowest BCUT2D eigenvalue weighted by Gasteiger charge is -2.08. The number of anilines is 1. The summed E-state index contributed by atoms with van der Waals surface area (Å²) in [4.78, 5) is 35.2. The second-order valence-electron chi connectivity index (χ2n) is 5.78. The van der Waals surface area contributed by atoms with Crippen LogP contribution in [-0.4, -0.2) is 37.2 Å². The Kier molecular flexibility index (Phi) is 9.49. The molecule has 0 aromatic heterocycles. The Morgan fingerprint density at radius 1 is 1.07 bits per heavy atom. The van der Waals surface area contributed by atoms with E-state index in [1.165, 1.54) is 6.21 Å². The third-order valence-corrected chi connectivity index (χ3v) is 4.79. The molecule has 0 spiro atoms. The topological polar surface area (TPSA) is 106 Å². The van der Waals surface area contributed by atoms with Gasteiger partial charge in [0, 0.05) is 4.47 Å². The van der Waals surface area contributed by atoms with Crippen molar-refractivity contribution in [2.75, 3.05) is 18.5 Å². The number of nitrogens with one attached hydrogen (secondary N) is 2. The lowest BCUT2D eigenvalue weighted by atomic mass is 10.2. The largest absolute Gasteiger partial charge is 0.481 e. The number of halogens is 2. The van der Waals surface area contributed by atoms with Crippen LogP contribution in [-0.2, 0) is 19.1 Å². The maximum Gasteiger partial charge on any atom is 0.344 e. The van der Waals surface area contributed by atoms with Crippen molar-refractivity contribution in [2.24, 2.45) is 5.10 Å². The first-order valence-electron chi connectivity index (χ1n) is 8.83. The first-order valence-corrected chi connectivity index (χ1v) is 10.4. The van der Waals surface area contributed by atoms with Gasteiger partial charge in [-0.3, -0.25) is 9.59 Å². The lowest BCUT2D eigenvalue weighted by molar-refractivity contribution is -0.145. The van der Waals surface area contributed by atoms with Crippen molar-refractivity contribution in [3.8, 4) is 5.75 Å². The van der Waals surface area contributed by atoms with Gasteiger partial charge >= 0.3 is 5.97 Å². The highest BCUT2D eigenvalue weighted by Gasteiger charge is 2.10. The summed E-state index contributed by atoms with van der Waals surface area (Å²) in [6.45, 7) is 1.81. The highest BCUT2D eigenvalue weighted by atomic mass is 79.9. The van der Waals surface area contributed by atoms with Crippen molar-refractivity contribution in [3.05, 3.63) is 57.0 Å². The summed E-state index contributed by atoms with van der Waals surface area (Å²) >= 11 is 6.66. The zero-order valence-electron chi connectivity index (χ0n) is 16.0. The van der Waals surface area contributed by atoms with Gasteiger partial charge in [0.2, 0.25) is 11.8 Å². The molecular formula is C20H19Br2N3O5. The maximum absolute atomic E-state index is 11.9. The number of para-hydroxylation sites is 1. The van der Waals surface area contributed by atoms with Crippen molar-refractivity contribution in [1.82, 2.24) is 5.43 Å². The fourth-order valence-corrected chi connectivity index (χ4v) is 3.07. The first-order chi connectivity index (χ1) is 14.4. The molecule has 0 fully saturated rings. The van der Waals surface area contributed by atoms with Gasteiger partial charge in [0.15, 0.2) is 6.61 Å². The van der Waals surface area contributed by atoms with Crippen LogP contribution < -0.4 is 15.5 Å². The van der Waals surface area contributed by atoms with E-state index in [4.69, 9.17) is 9.47 Å².